The zero-order chi connectivity index (χ0) is 27.9. The maximum atomic E-state index is 13.1. The molecule has 0 saturated carbocycles. The molecule has 0 bridgehead atoms. The standard InChI is InChI=1S/C28H33N3O8/c1-36-24-16-18(8-10-23(24)38-15-14-30-12-3-4-13-30)28(35)39-22-7-5-6-19-20(22)17-31(27(19)34)21(26(29)33)9-11-25(32)37-2/h5-8,10,16,21H,3-4,9,11-15,17H2,1-2H3,(H2,29,33). The smallest absolute Gasteiger partial charge is 0.343 e. The van der Waals surface area contributed by atoms with Crippen LogP contribution >= 0.6 is 0 Å². The quantitative estimate of drug-likeness (QED) is 0.318. The van der Waals surface area contributed by atoms with Gasteiger partial charge in [-0.05, 0) is 62.7 Å². The van der Waals surface area contributed by atoms with Crippen LogP contribution in [0.1, 0.15) is 52.0 Å². The number of nitrogens with zero attached hydrogens (tertiary/aromatic N) is 2. The molecule has 11 heteroatoms. The molecule has 2 aromatic rings. The normalized spacial score (nSPS) is 15.5. The summed E-state index contributed by atoms with van der Waals surface area (Å²) in [5.41, 5.74) is 6.53. The van der Waals surface area contributed by atoms with Crippen LogP contribution in [-0.4, -0.2) is 80.1 Å². The minimum absolute atomic E-state index is 0.000480. The molecule has 0 aromatic heterocycles. The van der Waals surface area contributed by atoms with Crippen LogP contribution in [0.3, 0.4) is 0 Å². The number of carbonyl (C=O) groups excluding carboxylic acids is 4. The van der Waals surface area contributed by atoms with E-state index >= 15 is 0 Å². The molecule has 2 aliphatic rings. The van der Waals surface area contributed by atoms with Crippen LogP contribution in [-0.2, 0) is 20.9 Å². The highest BCUT2D eigenvalue weighted by Crippen LogP contribution is 2.34. The first-order valence-electron chi connectivity index (χ1n) is 12.9. The largest absolute Gasteiger partial charge is 0.493 e. The number of methoxy groups -OCH3 is 2. The Labute approximate surface area is 226 Å². The van der Waals surface area contributed by atoms with E-state index in [1.807, 2.05) is 0 Å². The Morgan fingerprint density at radius 2 is 1.79 bits per heavy atom. The van der Waals surface area contributed by atoms with Gasteiger partial charge in [0.25, 0.3) is 5.91 Å². The number of carbonyl (C=O) groups is 4. The van der Waals surface area contributed by atoms with Crippen molar-refractivity contribution in [2.45, 2.75) is 38.3 Å². The molecular weight excluding hydrogens is 506 g/mol. The minimum Gasteiger partial charge on any atom is -0.493 e. The van der Waals surface area contributed by atoms with Gasteiger partial charge >= 0.3 is 11.9 Å². The highest BCUT2D eigenvalue weighted by atomic mass is 16.5. The first-order valence-corrected chi connectivity index (χ1v) is 12.9. The fraction of sp³-hybridized carbons (Fsp3) is 0.429. The SMILES string of the molecule is COC(=O)CCC(C(N)=O)N1Cc2c(OC(=O)c3ccc(OCCN4CCCC4)c(OC)c3)cccc2C1=O. The van der Waals surface area contributed by atoms with Gasteiger partial charge in [0.15, 0.2) is 11.5 Å². The zero-order valence-corrected chi connectivity index (χ0v) is 22.1. The van der Waals surface area contributed by atoms with Crippen LogP contribution in [0, 0.1) is 0 Å². The number of esters is 2. The van der Waals surface area contributed by atoms with E-state index in [0.29, 0.717) is 29.2 Å². The summed E-state index contributed by atoms with van der Waals surface area (Å²) < 4.78 is 21.6. The molecule has 4 rings (SSSR count). The second-order valence-corrected chi connectivity index (χ2v) is 9.40. The van der Waals surface area contributed by atoms with E-state index in [0.717, 1.165) is 19.6 Å². The summed E-state index contributed by atoms with van der Waals surface area (Å²) in [6.07, 6.45) is 2.35. The van der Waals surface area contributed by atoms with Crippen molar-refractivity contribution < 1.29 is 38.1 Å². The molecule has 1 unspecified atom stereocenters. The van der Waals surface area contributed by atoms with Gasteiger partial charge in [-0.25, -0.2) is 4.79 Å². The number of fused-ring (bicyclic) bond motifs is 1. The molecule has 2 amide bonds. The summed E-state index contributed by atoms with van der Waals surface area (Å²) in [5.74, 6) is -1.22. The van der Waals surface area contributed by atoms with Gasteiger partial charge < -0.3 is 29.6 Å². The number of hydrogen-bond acceptors (Lipinski definition) is 9. The van der Waals surface area contributed by atoms with Crippen LogP contribution in [0.5, 0.6) is 17.2 Å². The maximum absolute atomic E-state index is 13.1. The number of primary amides is 1. The average Bonchev–Trinajstić information content (AvgIpc) is 3.57. The van der Waals surface area contributed by atoms with Crippen LogP contribution in [0.15, 0.2) is 36.4 Å². The van der Waals surface area contributed by atoms with E-state index in [1.165, 1.54) is 32.0 Å². The number of benzene rings is 2. The molecule has 2 aromatic carbocycles. The molecule has 1 fully saturated rings. The van der Waals surface area contributed by atoms with E-state index in [4.69, 9.17) is 19.9 Å². The van der Waals surface area contributed by atoms with Gasteiger partial charge in [0.05, 0.1) is 26.3 Å². The highest BCUT2D eigenvalue weighted by Gasteiger charge is 2.37. The molecule has 0 radical (unpaired) electrons. The first-order chi connectivity index (χ1) is 18.8. The Morgan fingerprint density at radius 3 is 2.49 bits per heavy atom. The van der Waals surface area contributed by atoms with Gasteiger partial charge in [-0.15, -0.1) is 0 Å². The zero-order valence-electron chi connectivity index (χ0n) is 22.1. The molecular formula is C28H33N3O8. The number of amides is 2. The number of ether oxygens (including phenoxy) is 4. The Kier molecular flexibility index (Phi) is 9.03. The van der Waals surface area contributed by atoms with Gasteiger partial charge in [-0.3, -0.25) is 19.3 Å². The molecule has 2 heterocycles. The fourth-order valence-corrected chi connectivity index (χ4v) is 4.85. The van der Waals surface area contributed by atoms with Crippen molar-refractivity contribution in [1.29, 1.82) is 0 Å². The van der Waals surface area contributed by atoms with Crippen LogP contribution in [0.25, 0.3) is 0 Å². The van der Waals surface area contributed by atoms with Gasteiger partial charge in [0.1, 0.15) is 18.4 Å². The van der Waals surface area contributed by atoms with Crippen molar-refractivity contribution >= 4 is 23.8 Å². The molecule has 11 nitrogen and oxygen atoms in total. The van der Waals surface area contributed by atoms with E-state index in [-0.39, 0.29) is 30.7 Å². The summed E-state index contributed by atoms with van der Waals surface area (Å²) in [5, 5.41) is 0. The van der Waals surface area contributed by atoms with E-state index < -0.39 is 29.8 Å². The van der Waals surface area contributed by atoms with Crippen LogP contribution in [0.4, 0.5) is 0 Å². The fourth-order valence-electron chi connectivity index (χ4n) is 4.85. The van der Waals surface area contributed by atoms with Crippen LogP contribution < -0.4 is 19.9 Å². The van der Waals surface area contributed by atoms with E-state index in [9.17, 15) is 19.2 Å². The third-order valence-electron chi connectivity index (χ3n) is 6.97. The van der Waals surface area contributed by atoms with Crippen molar-refractivity contribution in [3.8, 4) is 17.2 Å². The third-order valence-corrected chi connectivity index (χ3v) is 6.97. The molecule has 2 N–H and O–H groups in total. The highest BCUT2D eigenvalue weighted by molar-refractivity contribution is 6.02. The number of nitrogens with two attached hydrogens (primary N) is 1. The van der Waals surface area contributed by atoms with Gasteiger partial charge in [-0.2, -0.15) is 0 Å². The maximum Gasteiger partial charge on any atom is 0.343 e. The van der Waals surface area contributed by atoms with Crippen molar-refractivity contribution in [2.75, 3.05) is 40.5 Å². The topological polar surface area (TPSA) is 138 Å². The molecule has 2 aliphatic heterocycles. The van der Waals surface area contributed by atoms with Gasteiger partial charge in [0.2, 0.25) is 5.91 Å². The lowest BCUT2D eigenvalue weighted by atomic mass is 10.1. The molecule has 1 atom stereocenters. The van der Waals surface area contributed by atoms with Gasteiger partial charge in [-0.1, -0.05) is 6.07 Å². The second-order valence-electron chi connectivity index (χ2n) is 9.40. The molecule has 0 spiro atoms. The summed E-state index contributed by atoms with van der Waals surface area (Å²) >= 11 is 0. The molecule has 1 saturated heterocycles. The number of likely N-dealkylation sites (tertiary alicyclic amines) is 1. The monoisotopic (exact) mass is 539 g/mol. The lowest BCUT2D eigenvalue weighted by molar-refractivity contribution is -0.141. The van der Waals surface area contributed by atoms with Crippen molar-refractivity contribution in [2.24, 2.45) is 5.73 Å². The summed E-state index contributed by atoms with van der Waals surface area (Å²) in [6, 6.07) is 8.54. The number of rotatable bonds is 12. The molecule has 39 heavy (non-hydrogen) atoms. The van der Waals surface area contributed by atoms with Crippen molar-refractivity contribution in [1.82, 2.24) is 9.80 Å². The van der Waals surface area contributed by atoms with Crippen LogP contribution in [0.2, 0.25) is 0 Å². The van der Waals surface area contributed by atoms with E-state index in [1.54, 1.807) is 36.4 Å². The Bertz CT molecular complexity index is 1240. The summed E-state index contributed by atoms with van der Waals surface area (Å²) in [4.78, 5) is 53.5. The van der Waals surface area contributed by atoms with Gasteiger partial charge in [0, 0.05) is 24.1 Å². The molecule has 208 valence electrons. The summed E-state index contributed by atoms with van der Waals surface area (Å²) in [6.45, 7) is 3.48. The predicted octanol–water partition coefficient (Wildman–Crippen LogP) is 2.15. The molecule has 0 aliphatic carbocycles. The average molecular weight is 540 g/mol. The Balaban J connectivity index is 1.45. The second kappa shape index (κ2) is 12.6. The Morgan fingerprint density at radius 1 is 1.03 bits per heavy atom. The van der Waals surface area contributed by atoms with Crippen molar-refractivity contribution in [3.05, 3.63) is 53.1 Å². The summed E-state index contributed by atoms with van der Waals surface area (Å²) in [7, 11) is 2.74. The first kappa shape index (κ1) is 27.9. The van der Waals surface area contributed by atoms with E-state index in [2.05, 4.69) is 9.64 Å². The van der Waals surface area contributed by atoms with Crippen molar-refractivity contribution in [3.63, 3.8) is 0 Å². The number of hydrogen-bond donors (Lipinski definition) is 1. The predicted molar refractivity (Wildman–Crippen MR) is 140 cm³/mol. The minimum atomic E-state index is -1.02. The lowest BCUT2D eigenvalue weighted by Crippen LogP contribution is -2.45. The lowest BCUT2D eigenvalue weighted by Gasteiger charge is -2.24. The third kappa shape index (κ3) is 6.48. The Hall–Kier alpha value is -4.12.